The van der Waals surface area contributed by atoms with Gasteiger partial charge in [0, 0.05) is 16.2 Å². The number of hydrogen-bond acceptors (Lipinski definition) is 4. The van der Waals surface area contributed by atoms with Crippen LogP contribution in [0.2, 0.25) is 24.7 Å². The molecule has 1 aliphatic carbocycles. The number of amides is 3. The van der Waals surface area contributed by atoms with Crippen LogP contribution >= 0.6 is 0 Å². The van der Waals surface area contributed by atoms with Gasteiger partial charge in [0.1, 0.15) is 5.82 Å². The number of aliphatic hydroxyl groups excluding tert-OH is 1. The number of carbonyl (C=O) groups excluding carboxylic acids is 2. The fourth-order valence-corrected chi connectivity index (χ4v) is 7.82. The van der Waals surface area contributed by atoms with Crippen molar-refractivity contribution in [2.45, 2.75) is 75.9 Å². The maximum Gasteiger partial charge on any atom is 0.319 e. The topological polar surface area (TPSA) is 110 Å². The van der Waals surface area contributed by atoms with Crippen LogP contribution in [-0.2, 0) is 16.9 Å². The Morgan fingerprint density at radius 2 is 1.94 bits per heavy atom. The van der Waals surface area contributed by atoms with E-state index in [-0.39, 0.29) is 23.1 Å². The summed E-state index contributed by atoms with van der Waals surface area (Å²) in [6.45, 7) is 10.2. The van der Waals surface area contributed by atoms with Crippen molar-refractivity contribution in [1.29, 1.82) is 0 Å². The van der Waals surface area contributed by atoms with E-state index in [4.69, 9.17) is 0 Å². The molecule has 4 N–H and O–H groups in total. The zero-order chi connectivity index (χ0) is 24.9. The molecule has 1 fully saturated rings. The second kappa shape index (κ2) is 8.49. The minimum absolute atomic E-state index is 0.0211. The molecule has 1 aliphatic heterocycles. The van der Waals surface area contributed by atoms with Gasteiger partial charge in [-0.25, -0.2) is 9.18 Å². The van der Waals surface area contributed by atoms with Crippen LogP contribution < -0.4 is 10.6 Å². The fourth-order valence-electron chi connectivity index (χ4n) is 5.23. The molecule has 1 atom stereocenters. The van der Waals surface area contributed by atoms with Gasteiger partial charge in [0.15, 0.2) is 5.82 Å². The maximum absolute atomic E-state index is 14.2. The number of fused-ring (bicyclic) bond motifs is 1. The normalized spacial score (nSPS) is 19.2. The van der Waals surface area contributed by atoms with Crippen LogP contribution in [0.25, 0.3) is 0 Å². The van der Waals surface area contributed by atoms with Crippen molar-refractivity contribution >= 4 is 25.8 Å². The van der Waals surface area contributed by atoms with Gasteiger partial charge in [-0.1, -0.05) is 44.3 Å². The summed E-state index contributed by atoms with van der Waals surface area (Å²) in [6, 6.07) is 4.74. The number of hydrogen-bond donors (Lipinski definition) is 4. The molecule has 4 rings (SSSR count). The molecule has 1 saturated carbocycles. The average Bonchev–Trinajstić information content (AvgIpc) is 3.23. The summed E-state index contributed by atoms with van der Waals surface area (Å²) in [5.41, 5.74) is 1.00. The first-order valence-corrected chi connectivity index (χ1v) is 15.2. The van der Waals surface area contributed by atoms with Gasteiger partial charge in [-0.05, 0) is 32.8 Å². The number of carbonyl (C=O) groups is 2. The first-order chi connectivity index (χ1) is 15.9. The third kappa shape index (κ3) is 3.82. The van der Waals surface area contributed by atoms with Crippen LogP contribution in [0.4, 0.5) is 15.0 Å². The summed E-state index contributed by atoms with van der Waals surface area (Å²) < 4.78 is 14.2. The van der Waals surface area contributed by atoms with Crippen LogP contribution in [0.15, 0.2) is 24.3 Å². The Labute approximate surface area is 200 Å². The van der Waals surface area contributed by atoms with Crippen LogP contribution in [0.5, 0.6) is 0 Å². The number of aromatic amines is 1. The molecular formula is C24H34FN5O3Si. The Balaban J connectivity index is 1.53. The molecule has 0 saturated heterocycles. The molecule has 34 heavy (non-hydrogen) atoms. The van der Waals surface area contributed by atoms with E-state index < -0.39 is 38.1 Å². The minimum atomic E-state index is -1.74. The first-order valence-electron chi connectivity index (χ1n) is 11.7. The minimum Gasteiger partial charge on any atom is -0.394 e. The number of nitrogens with zero attached hydrogens (tertiary/aromatic N) is 2. The largest absolute Gasteiger partial charge is 0.394 e. The molecule has 3 amide bonds. The highest BCUT2D eigenvalue weighted by Crippen LogP contribution is 2.56. The molecule has 10 heteroatoms. The van der Waals surface area contributed by atoms with E-state index in [9.17, 15) is 19.1 Å². The van der Waals surface area contributed by atoms with Gasteiger partial charge in [0.05, 0.1) is 38.5 Å². The summed E-state index contributed by atoms with van der Waals surface area (Å²) in [5, 5.41) is 22.7. The number of rotatable bonds is 6. The molecule has 1 aromatic heterocycles. The number of halogens is 1. The van der Waals surface area contributed by atoms with E-state index in [1.165, 1.54) is 6.07 Å². The van der Waals surface area contributed by atoms with Gasteiger partial charge in [-0.15, -0.1) is 0 Å². The van der Waals surface area contributed by atoms with E-state index in [1.54, 1.807) is 23.1 Å². The lowest BCUT2D eigenvalue weighted by Crippen LogP contribution is -2.52. The molecule has 2 aromatic rings. The van der Waals surface area contributed by atoms with Crippen molar-refractivity contribution < 1.29 is 19.1 Å². The van der Waals surface area contributed by atoms with Crippen LogP contribution in [0.3, 0.4) is 0 Å². The quantitative estimate of drug-likeness (QED) is 0.457. The zero-order valence-electron chi connectivity index (χ0n) is 20.5. The number of aromatic nitrogens is 2. The number of H-pyrrole nitrogens is 1. The van der Waals surface area contributed by atoms with Gasteiger partial charge in [-0.3, -0.25) is 9.89 Å². The van der Waals surface area contributed by atoms with Gasteiger partial charge in [-0.2, -0.15) is 5.10 Å². The Morgan fingerprint density at radius 1 is 1.26 bits per heavy atom. The van der Waals surface area contributed by atoms with E-state index in [0.29, 0.717) is 5.82 Å². The molecule has 2 heterocycles. The van der Waals surface area contributed by atoms with Gasteiger partial charge in [0.2, 0.25) is 5.91 Å². The number of nitrogens with one attached hydrogen (secondary N) is 3. The number of benzene rings is 1. The SMILES string of the molecule is CC1(C)c2[nH]nc(NC(=O)C3([Si](C)(C)C)CCC3)c2CN1C(=O)NC(CO)c1ccccc1F. The smallest absolute Gasteiger partial charge is 0.319 e. The highest BCUT2D eigenvalue weighted by atomic mass is 28.3. The Hall–Kier alpha value is -2.72. The van der Waals surface area contributed by atoms with Crippen molar-refractivity contribution in [1.82, 2.24) is 20.4 Å². The number of anilines is 1. The summed E-state index contributed by atoms with van der Waals surface area (Å²) >= 11 is 0. The van der Waals surface area contributed by atoms with E-state index in [0.717, 1.165) is 30.5 Å². The zero-order valence-corrected chi connectivity index (χ0v) is 21.5. The van der Waals surface area contributed by atoms with Crippen molar-refractivity contribution in [3.05, 3.63) is 46.9 Å². The second-order valence-corrected chi connectivity index (χ2v) is 16.4. The third-order valence-electron chi connectivity index (χ3n) is 7.79. The maximum atomic E-state index is 14.2. The van der Waals surface area contributed by atoms with Crippen molar-refractivity contribution in [3.63, 3.8) is 0 Å². The van der Waals surface area contributed by atoms with E-state index in [2.05, 4.69) is 40.5 Å². The van der Waals surface area contributed by atoms with Crippen molar-refractivity contribution in [2.75, 3.05) is 11.9 Å². The molecule has 8 nitrogen and oxygen atoms in total. The first kappa shape index (κ1) is 24.4. The Bertz CT molecular complexity index is 1110. The monoisotopic (exact) mass is 487 g/mol. The van der Waals surface area contributed by atoms with Crippen LogP contribution in [0, 0.1) is 5.82 Å². The number of aliphatic hydroxyl groups is 1. The fraction of sp³-hybridized carbons (Fsp3) is 0.542. The lowest BCUT2D eigenvalue weighted by Gasteiger charge is -2.48. The summed E-state index contributed by atoms with van der Waals surface area (Å²) in [4.78, 5) is 28.2. The highest BCUT2D eigenvalue weighted by Gasteiger charge is 2.54. The molecular weight excluding hydrogens is 453 g/mol. The lowest BCUT2D eigenvalue weighted by atomic mass is 9.83. The molecule has 0 radical (unpaired) electrons. The summed E-state index contributed by atoms with van der Waals surface area (Å²) in [7, 11) is -1.74. The molecule has 0 spiro atoms. The Kier molecular flexibility index (Phi) is 6.10. The van der Waals surface area contributed by atoms with Gasteiger partial charge < -0.3 is 20.6 Å². The Morgan fingerprint density at radius 3 is 2.50 bits per heavy atom. The third-order valence-corrected chi connectivity index (χ3v) is 11.4. The lowest BCUT2D eigenvalue weighted by molar-refractivity contribution is -0.121. The van der Waals surface area contributed by atoms with Gasteiger partial charge in [0.25, 0.3) is 0 Å². The second-order valence-electron chi connectivity index (χ2n) is 10.9. The summed E-state index contributed by atoms with van der Waals surface area (Å²) in [6.07, 6.45) is 2.87. The molecule has 1 aromatic carbocycles. The van der Waals surface area contributed by atoms with Crippen molar-refractivity contribution in [2.24, 2.45) is 0 Å². The molecule has 1 unspecified atom stereocenters. The highest BCUT2D eigenvalue weighted by molar-refractivity contribution is 6.83. The van der Waals surface area contributed by atoms with Crippen LogP contribution in [0.1, 0.15) is 56.0 Å². The van der Waals surface area contributed by atoms with Crippen LogP contribution in [-0.4, -0.2) is 46.8 Å². The molecule has 2 aliphatic rings. The van der Waals surface area contributed by atoms with Crippen molar-refractivity contribution in [3.8, 4) is 0 Å². The average molecular weight is 488 g/mol. The molecule has 0 bridgehead atoms. The predicted octanol–water partition coefficient (Wildman–Crippen LogP) is 4.24. The number of urea groups is 1. The predicted molar refractivity (Wildman–Crippen MR) is 130 cm³/mol. The van der Waals surface area contributed by atoms with E-state index in [1.807, 2.05) is 13.8 Å². The standard InChI is InChI=1S/C24H34FN5O3Si/c1-23(2)19-16(20(29-28-19)27-21(32)24(11-8-12-24)34(3,4)5)13-30(23)22(33)26-18(14-31)15-9-6-7-10-17(15)25/h6-7,9-10,18,31H,8,11-14H2,1-5H3,(H,26,33)(H2,27,28,29,32). The van der Waals surface area contributed by atoms with Gasteiger partial charge >= 0.3 is 6.03 Å². The molecule has 184 valence electrons. The van der Waals surface area contributed by atoms with E-state index >= 15 is 0 Å². The summed E-state index contributed by atoms with van der Waals surface area (Å²) in [5.74, 6) is -0.0113.